The van der Waals surface area contributed by atoms with Gasteiger partial charge in [0.1, 0.15) is 6.04 Å². The van der Waals surface area contributed by atoms with E-state index in [4.69, 9.17) is 5.73 Å². The molecule has 0 bridgehead atoms. The van der Waals surface area contributed by atoms with Crippen molar-refractivity contribution in [3.63, 3.8) is 0 Å². The van der Waals surface area contributed by atoms with Gasteiger partial charge in [-0.1, -0.05) is 32.6 Å². The molecule has 100 valence electrons. The lowest BCUT2D eigenvalue weighted by Crippen LogP contribution is -2.35. The molecule has 1 amide bonds. The van der Waals surface area contributed by atoms with Crippen molar-refractivity contribution in [3.05, 3.63) is 45.4 Å². The van der Waals surface area contributed by atoms with Crippen LogP contribution in [0.25, 0.3) is 0 Å². The number of nitrogens with two attached hydrogens (primary N) is 1. The average Bonchev–Trinajstić information content (AvgIpc) is 2.81. The molecule has 0 aliphatic heterocycles. The van der Waals surface area contributed by atoms with E-state index in [1.54, 1.807) is 0 Å². The zero-order chi connectivity index (χ0) is 13.8. The highest BCUT2D eigenvalue weighted by atomic mass is 79.9. The standard InChI is InChI=1S/C12H13BrN4OS/c1-17(6-10-7-19-16-15-10)11(12(14)18)8-3-2-4-9(13)5-8/h2-5,7,11H,6H2,1H3,(H2,14,18)/t11-/m0/s1. The van der Waals surface area contributed by atoms with Crippen LogP contribution in [0.15, 0.2) is 34.1 Å². The summed E-state index contributed by atoms with van der Waals surface area (Å²) in [6, 6.07) is 7.08. The van der Waals surface area contributed by atoms with E-state index >= 15 is 0 Å². The Bertz CT molecular complexity index is 561. The van der Waals surface area contributed by atoms with E-state index in [1.807, 2.05) is 41.6 Å². The molecule has 1 aromatic heterocycles. The second kappa shape index (κ2) is 6.23. The molecule has 7 heteroatoms. The number of hydrogen-bond donors (Lipinski definition) is 1. The molecule has 1 heterocycles. The van der Waals surface area contributed by atoms with E-state index in [-0.39, 0.29) is 5.91 Å². The summed E-state index contributed by atoms with van der Waals surface area (Å²) in [6.45, 7) is 0.524. The first-order chi connectivity index (χ1) is 9.08. The summed E-state index contributed by atoms with van der Waals surface area (Å²) in [5.41, 5.74) is 7.20. The minimum atomic E-state index is -0.487. The number of amides is 1. The molecule has 1 atom stereocenters. The fraction of sp³-hybridized carbons (Fsp3) is 0.250. The number of carbonyl (C=O) groups excluding carboxylic acids is 1. The van der Waals surface area contributed by atoms with Gasteiger partial charge in [-0.25, -0.2) is 0 Å². The van der Waals surface area contributed by atoms with Crippen molar-refractivity contribution in [1.82, 2.24) is 14.5 Å². The van der Waals surface area contributed by atoms with Gasteiger partial charge < -0.3 is 5.73 Å². The van der Waals surface area contributed by atoms with Crippen molar-refractivity contribution in [3.8, 4) is 0 Å². The molecule has 0 aliphatic rings. The van der Waals surface area contributed by atoms with Crippen LogP contribution < -0.4 is 5.73 Å². The van der Waals surface area contributed by atoms with Gasteiger partial charge in [0, 0.05) is 16.4 Å². The molecule has 2 rings (SSSR count). The Kier molecular flexibility index (Phi) is 4.62. The lowest BCUT2D eigenvalue weighted by atomic mass is 10.1. The Balaban J connectivity index is 2.22. The van der Waals surface area contributed by atoms with Crippen molar-refractivity contribution in [1.29, 1.82) is 0 Å². The summed E-state index contributed by atoms with van der Waals surface area (Å²) < 4.78 is 4.72. The second-order valence-electron chi connectivity index (χ2n) is 4.17. The van der Waals surface area contributed by atoms with Crippen LogP contribution in [0.4, 0.5) is 0 Å². The first-order valence-electron chi connectivity index (χ1n) is 5.59. The molecular formula is C12H13BrN4OS. The summed E-state index contributed by atoms with van der Waals surface area (Å²) in [7, 11) is 1.84. The summed E-state index contributed by atoms with van der Waals surface area (Å²) >= 11 is 4.69. The van der Waals surface area contributed by atoms with Crippen LogP contribution in [0, 0.1) is 0 Å². The average molecular weight is 341 g/mol. The Morgan fingerprint density at radius 3 is 2.95 bits per heavy atom. The SMILES string of the molecule is CN(Cc1csnn1)[C@H](C(N)=O)c1cccc(Br)c1. The summed E-state index contributed by atoms with van der Waals surface area (Å²) in [6.07, 6.45) is 0. The molecular weight excluding hydrogens is 328 g/mol. The van der Waals surface area contributed by atoms with Crippen LogP contribution in [0.5, 0.6) is 0 Å². The van der Waals surface area contributed by atoms with E-state index in [9.17, 15) is 4.79 Å². The van der Waals surface area contributed by atoms with Crippen molar-refractivity contribution in [2.45, 2.75) is 12.6 Å². The molecule has 0 saturated carbocycles. The van der Waals surface area contributed by atoms with Gasteiger partial charge in [-0.15, -0.1) is 5.10 Å². The van der Waals surface area contributed by atoms with E-state index < -0.39 is 6.04 Å². The number of aromatic nitrogens is 2. The Morgan fingerprint density at radius 1 is 1.58 bits per heavy atom. The second-order valence-corrected chi connectivity index (χ2v) is 5.70. The lowest BCUT2D eigenvalue weighted by molar-refractivity contribution is -0.123. The first kappa shape index (κ1) is 14.1. The van der Waals surface area contributed by atoms with Gasteiger partial charge in [0.15, 0.2) is 0 Å². The molecule has 2 N–H and O–H groups in total. The van der Waals surface area contributed by atoms with Crippen LogP contribution in [0.1, 0.15) is 17.3 Å². The number of halogens is 1. The molecule has 5 nitrogen and oxygen atoms in total. The smallest absolute Gasteiger partial charge is 0.239 e. The van der Waals surface area contributed by atoms with Crippen LogP contribution >= 0.6 is 27.5 Å². The number of carbonyl (C=O) groups is 1. The highest BCUT2D eigenvalue weighted by Gasteiger charge is 2.23. The molecule has 19 heavy (non-hydrogen) atoms. The zero-order valence-corrected chi connectivity index (χ0v) is 12.7. The highest BCUT2D eigenvalue weighted by Crippen LogP contribution is 2.23. The van der Waals surface area contributed by atoms with Crippen LogP contribution in [-0.4, -0.2) is 27.4 Å². The largest absolute Gasteiger partial charge is 0.368 e. The maximum Gasteiger partial charge on any atom is 0.239 e. The number of rotatable bonds is 5. The third-order valence-corrected chi connectivity index (χ3v) is 3.74. The topological polar surface area (TPSA) is 72.1 Å². The number of likely N-dealkylation sites (N-methyl/N-ethyl adjacent to an activating group) is 1. The predicted octanol–water partition coefficient (Wildman–Crippen LogP) is 1.96. The van der Waals surface area contributed by atoms with Crippen LogP contribution in [0.2, 0.25) is 0 Å². The van der Waals surface area contributed by atoms with Gasteiger partial charge >= 0.3 is 0 Å². The van der Waals surface area contributed by atoms with Gasteiger partial charge in [0.05, 0.1) is 5.69 Å². The maximum absolute atomic E-state index is 11.7. The van der Waals surface area contributed by atoms with Gasteiger partial charge in [-0.05, 0) is 36.3 Å². The molecule has 0 fully saturated rings. The van der Waals surface area contributed by atoms with Crippen LogP contribution in [-0.2, 0) is 11.3 Å². The Labute approximate surface area is 123 Å². The van der Waals surface area contributed by atoms with Crippen molar-refractivity contribution in [2.75, 3.05) is 7.05 Å². The minimum absolute atomic E-state index is 0.385. The van der Waals surface area contributed by atoms with E-state index in [1.165, 1.54) is 11.5 Å². The Hall–Kier alpha value is -1.31. The fourth-order valence-corrected chi connectivity index (χ4v) is 2.77. The lowest BCUT2D eigenvalue weighted by Gasteiger charge is -2.25. The van der Waals surface area contributed by atoms with Crippen molar-refractivity contribution in [2.24, 2.45) is 5.73 Å². The van der Waals surface area contributed by atoms with Gasteiger partial charge in [0.25, 0.3) is 0 Å². The molecule has 0 radical (unpaired) electrons. The van der Waals surface area contributed by atoms with Crippen molar-refractivity contribution >= 4 is 33.4 Å². The number of benzene rings is 1. The number of nitrogens with zero attached hydrogens (tertiary/aromatic N) is 3. The molecule has 0 spiro atoms. The van der Waals surface area contributed by atoms with E-state index in [2.05, 4.69) is 25.5 Å². The van der Waals surface area contributed by atoms with Gasteiger partial charge in [-0.3, -0.25) is 9.69 Å². The van der Waals surface area contributed by atoms with Crippen LogP contribution in [0.3, 0.4) is 0 Å². The summed E-state index contributed by atoms with van der Waals surface area (Å²) in [5, 5.41) is 5.83. The molecule has 0 aliphatic carbocycles. The molecule has 2 aromatic rings. The third-order valence-electron chi connectivity index (χ3n) is 2.69. The van der Waals surface area contributed by atoms with Gasteiger partial charge in [0.2, 0.25) is 5.91 Å². The summed E-state index contributed by atoms with van der Waals surface area (Å²) in [4.78, 5) is 13.6. The highest BCUT2D eigenvalue weighted by molar-refractivity contribution is 9.10. The zero-order valence-electron chi connectivity index (χ0n) is 10.3. The predicted molar refractivity (Wildman–Crippen MR) is 77.5 cm³/mol. The molecule has 1 aromatic carbocycles. The molecule has 0 saturated heterocycles. The maximum atomic E-state index is 11.7. The number of primary amides is 1. The number of hydrogen-bond acceptors (Lipinski definition) is 5. The monoisotopic (exact) mass is 340 g/mol. The van der Waals surface area contributed by atoms with Gasteiger partial charge in [-0.2, -0.15) is 0 Å². The normalized spacial score (nSPS) is 12.6. The Morgan fingerprint density at radius 2 is 2.37 bits per heavy atom. The van der Waals surface area contributed by atoms with E-state index in [0.29, 0.717) is 6.54 Å². The molecule has 0 unspecified atom stereocenters. The summed E-state index contributed by atoms with van der Waals surface area (Å²) in [5.74, 6) is -0.385. The quantitative estimate of drug-likeness (QED) is 0.902. The first-order valence-corrected chi connectivity index (χ1v) is 7.22. The minimum Gasteiger partial charge on any atom is -0.368 e. The van der Waals surface area contributed by atoms with E-state index in [0.717, 1.165) is 15.7 Å². The third kappa shape index (κ3) is 3.59. The fourth-order valence-electron chi connectivity index (χ4n) is 1.91. The van der Waals surface area contributed by atoms with Crippen molar-refractivity contribution < 1.29 is 4.79 Å².